The molecule has 1 saturated heterocycles. The molecule has 0 saturated carbocycles. The largest absolute Gasteiger partial charge is 0.439 e. The molecule has 10 nitrogen and oxygen atoms in total. The zero-order valence-electron chi connectivity index (χ0n) is 12.2. The molecule has 2 rings (SSSR count). The lowest BCUT2D eigenvalue weighted by atomic mass is 10.2. The van der Waals surface area contributed by atoms with Gasteiger partial charge in [-0.05, 0) is 40.5 Å². The van der Waals surface area contributed by atoms with E-state index >= 15 is 0 Å². The Kier molecular flexibility index (Phi) is 5.39. The Labute approximate surface area is 126 Å². The number of imidazole rings is 1. The lowest BCUT2D eigenvalue weighted by Gasteiger charge is -2.26. The number of hydrogen-bond acceptors (Lipinski definition) is 7. The number of aromatic nitrogens is 2. The summed E-state index contributed by atoms with van der Waals surface area (Å²) in [6, 6.07) is 0. The molecule has 0 aliphatic carbocycles. The first-order chi connectivity index (χ1) is 10.5. The van der Waals surface area contributed by atoms with E-state index in [1.807, 2.05) is 6.92 Å². The van der Waals surface area contributed by atoms with Crippen LogP contribution in [0, 0.1) is 20.2 Å². The SMILES string of the molecule is CC[C@H](Cn1cc([N+](=O)[O-])nc1[N+](=O)[O-])OC1CCCCO1. The monoisotopic (exact) mass is 314 g/mol. The van der Waals surface area contributed by atoms with Gasteiger partial charge in [-0.1, -0.05) is 6.92 Å². The number of hydrogen-bond donors (Lipinski definition) is 0. The number of nitro groups is 2. The summed E-state index contributed by atoms with van der Waals surface area (Å²) in [4.78, 5) is 23.6. The summed E-state index contributed by atoms with van der Waals surface area (Å²) < 4.78 is 12.4. The minimum atomic E-state index is -0.754. The van der Waals surface area contributed by atoms with Gasteiger partial charge in [0, 0.05) is 6.61 Å². The fourth-order valence-corrected chi connectivity index (χ4v) is 2.28. The highest BCUT2D eigenvalue weighted by Crippen LogP contribution is 2.21. The second-order valence-electron chi connectivity index (χ2n) is 5.03. The van der Waals surface area contributed by atoms with Gasteiger partial charge >= 0.3 is 11.8 Å². The van der Waals surface area contributed by atoms with Crippen LogP contribution in [0.1, 0.15) is 32.6 Å². The van der Waals surface area contributed by atoms with Crippen molar-refractivity contribution in [3.05, 3.63) is 26.4 Å². The molecule has 1 aliphatic heterocycles. The maximum atomic E-state index is 11.0. The van der Waals surface area contributed by atoms with Crippen LogP contribution in [0.3, 0.4) is 0 Å². The van der Waals surface area contributed by atoms with E-state index in [1.165, 1.54) is 0 Å². The number of nitrogens with zero attached hydrogens (tertiary/aromatic N) is 4. The van der Waals surface area contributed by atoms with Gasteiger partial charge in [0.2, 0.25) is 0 Å². The molecule has 1 aliphatic rings. The summed E-state index contributed by atoms with van der Waals surface area (Å²) in [7, 11) is 0. The van der Waals surface area contributed by atoms with Crippen LogP contribution in [0.25, 0.3) is 0 Å². The predicted octanol–water partition coefficient (Wildman–Crippen LogP) is 2.02. The molecule has 0 N–H and O–H groups in total. The van der Waals surface area contributed by atoms with Crippen LogP contribution in [-0.2, 0) is 16.0 Å². The molecule has 0 bridgehead atoms. The summed E-state index contributed by atoms with van der Waals surface area (Å²) in [5.41, 5.74) is 0. The predicted molar refractivity (Wildman–Crippen MR) is 74.3 cm³/mol. The van der Waals surface area contributed by atoms with Crippen LogP contribution in [0.4, 0.5) is 11.8 Å². The van der Waals surface area contributed by atoms with E-state index in [1.54, 1.807) is 0 Å². The zero-order chi connectivity index (χ0) is 16.1. The Morgan fingerprint density at radius 3 is 2.77 bits per heavy atom. The molecular weight excluding hydrogens is 296 g/mol. The smallest absolute Gasteiger partial charge is 0.390 e. The Morgan fingerprint density at radius 1 is 1.45 bits per heavy atom. The van der Waals surface area contributed by atoms with E-state index in [4.69, 9.17) is 9.47 Å². The third-order valence-corrected chi connectivity index (χ3v) is 3.43. The quantitative estimate of drug-likeness (QED) is 0.557. The van der Waals surface area contributed by atoms with Crippen molar-refractivity contribution >= 4 is 11.8 Å². The van der Waals surface area contributed by atoms with Crippen molar-refractivity contribution in [3.63, 3.8) is 0 Å². The molecule has 1 unspecified atom stereocenters. The average Bonchev–Trinajstić information content (AvgIpc) is 2.92. The Bertz CT molecular complexity index is 540. The summed E-state index contributed by atoms with van der Waals surface area (Å²) in [6.07, 6.45) is 3.79. The third kappa shape index (κ3) is 3.98. The topological polar surface area (TPSA) is 123 Å². The Morgan fingerprint density at radius 2 is 2.23 bits per heavy atom. The molecule has 122 valence electrons. The fourth-order valence-electron chi connectivity index (χ4n) is 2.28. The van der Waals surface area contributed by atoms with Crippen LogP contribution >= 0.6 is 0 Å². The molecule has 2 heterocycles. The van der Waals surface area contributed by atoms with Crippen molar-refractivity contribution < 1.29 is 19.3 Å². The van der Waals surface area contributed by atoms with Gasteiger partial charge in [-0.3, -0.25) is 0 Å². The molecule has 1 aromatic heterocycles. The van der Waals surface area contributed by atoms with Crippen molar-refractivity contribution in [3.8, 4) is 0 Å². The molecule has 10 heteroatoms. The second kappa shape index (κ2) is 7.27. The van der Waals surface area contributed by atoms with Crippen molar-refractivity contribution in [1.82, 2.24) is 9.55 Å². The third-order valence-electron chi connectivity index (χ3n) is 3.43. The van der Waals surface area contributed by atoms with Gasteiger partial charge < -0.3 is 29.7 Å². The zero-order valence-corrected chi connectivity index (χ0v) is 12.2. The van der Waals surface area contributed by atoms with Crippen LogP contribution < -0.4 is 0 Å². The van der Waals surface area contributed by atoms with E-state index < -0.39 is 21.6 Å². The van der Waals surface area contributed by atoms with Gasteiger partial charge in [-0.2, -0.15) is 0 Å². The van der Waals surface area contributed by atoms with Gasteiger partial charge in [0.25, 0.3) is 0 Å². The maximum Gasteiger partial charge on any atom is 0.439 e. The first kappa shape index (κ1) is 16.3. The van der Waals surface area contributed by atoms with Crippen LogP contribution in [0.15, 0.2) is 6.20 Å². The summed E-state index contributed by atoms with van der Waals surface area (Å²) >= 11 is 0. The normalized spacial score (nSPS) is 19.8. The second-order valence-corrected chi connectivity index (χ2v) is 5.03. The van der Waals surface area contributed by atoms with Gasteiger partial charge in [-0.15, -0.1) is 0 Å². The molecule has 0 radical (unpaired) electrons. The first-order valence-electron chi connectivity index (χ1n) is 7.14. The molecule has 2 atom stereocenters. The highest BCUT2D eigenvalue weighted by Gasteiger charge is 2.27. The van der Waals surface area contributed by atoms with Crippen molar-refractivity contribution in [2.24, 2.45) is 0 Å². The van der Waals surface area contributed by atoms with Crippen molar-refractivity contribution in [1.29, 1.82) is 0 Å². The van der Waals surface area contributed by atoms with Gasteiger partial charge in [0.1, 0.15) is 0 Å². The van der Waals surface area contributed by atoms with Crippen molar-refractivity contribution in [2.75, 3.05) is 6.61 Å². The summed E-state index contributed by atoms with van der Waals surface area (Å²) in [5, 5.41) is 21.7. The number of rotatable bonds is 7. The van der Waals surface area contributed by atoms with Crippen LogP contribution in [0.5, 0.6) is 0 Å². The molecule has 1 aromatic rings. The van der Waals surface area contributed by atoms with Crippen LogP contribution in [0.2, 0.25) is 0 Å². The highest BCUT2D eigenvalue weighted by molar-refractivity contribution is 5.24. The minimum Gasteiger partial charge on any atom is -0.390 e. The molecule has 1 fully saturated rings. The fraction of sp³-hybridized carbons (Fsp3) is 0.750. The molecule has 0 amide bonds. The number of ether oxygens (including phenoxy) is 2. The highest BCUT2D eigenvalue weighted by atomic mass is 16.7. The minimum absolute atomic E-state index is 0.119. The standard InChI is InChI=1S/C12H18N4O6/c1-2-9(22-11-5-3-4-6-21-11)7-14-8-10(15(17)18)13-12(14)16(19)20/h8-9,11H,2-7H2,1H3/t9-,11?/m1/s1. The van der Waals surface area contributed by atoms with Gasteiger partial charge in [0.15, 0.2) is 12.5 Å². The lowest BCUT2D eigenvalue weighted by molar-refractivity contribution is -0.403. The average molecular weight is 314 g/mol. The first-order valence-corrected chi connectivity index (χ1v) is 7.14. The summed E-state index contributed by atoms with van der Waals surface area (Å²) in [6.45, 7) is 2.63. The van der Waals surface area contributed by atoms with Crippen LogP contribution in [-0.4, -0.2) is 38.4 Å². The van der Waals surface area contributed by atoms with Gasteiger partial charge in [0.05, 0.1) is 12.6 Å². The van der Waals surface area contributed by atoms with E-state index in [-0.39, 0.29) is 18.9 Å². The molecule has 22 heavy (non-hydrogen) atoms. The molecule has 0 aromatic carbocycles. The lowest BCUT2D eigenvalue weighted by Crippen LogP contribution is -2.30. The van der Waals surface area contributed by atoms with E-state index in [0.29, 0.717) is 13.0 Å². The maximum absolute atomic E-state index is 11.0. The van der Waals surface area contributed by atoms with E-state index in [0.717, 1.165) is 30.0 Å². The van der Waals surface area contributed by atoms with E-state index in [2.05, 4.69) is 4.98 Å². The Hall–Kier alpha value is -2.07. The Balaban J connectivity index is 2.08. The summed E-state index contributed by atoms with van der Waals surface area (Å²) in [5.74, 6) is -1.10. The van der Waals surface area contributed by atoms with E-state index in [9.17, 15) is 20.2 Å². The van der Waals surface area contributed by atoms with Crippen molar-refractivity contribution in [2.45, 2.75) is 51.5 Å². The molecule has 0 spiro atoms. The van der Waals surface area contributed by atoms with Gasteiger partial charge in [-0.25, -0.2) is 4.57 Å². The molecular formula is C12H18N4O6.